The second kappa shape index (κ2) is 18.8. The molecule has 0 spiro atoms. The van der Waals surface area contributed by atoms with Crippen LogP contribution in [0.25, 0.3) is 0 Å². The fourth-order valence-corrected chi connectivity index (χ4v) is 3.14. The van der Waals surface area contributed by atoms with Crippen molar-refractivity contribution in [1.82, 2.24) is 0 Å². The summed E-state index contributed by atoms with van der Waals surface area (Å²) in [4.78, 5) is 13.3. The summed E-state index contributed by atoms with van der Waals surface area (Å²) in [5.41, 5.74) is 0.689. The summed E-state index contributed by atoms with van der Waals surface area (Å²) in [6, 6.07) is 0. The lowest BCUT2D eigenvalue weighted by atomic mass is 9.92. The largest absolute Gasteiger partial charge is 0.293 e. The smallest absolute Gasteiger partial charge is 0.172 e. The van der Waals surface area contributed by atoms with E-state index in [1.54, 1.807) is 23.9 Å². The number of hydrogen-bond donors (Lipinski definition) is 0. The van der Waals surface area contributed by atoms with E-state index in [-0.39, 0.29) is 17.0 Å². The normalized spacial score (nSPS) is 19.9. The van der Waals surface area contributed by atoms with Crippen molar-refractivity contribution in [2.24, 2.45) is 5.92 Å². The molecular formula is C21H36OS. The Bertz CT molecular complexity index is 414. The summed E-state index contributed by atoms with van der Waals surface area (Å²) in [7, 11) is 0. The summed E-state index contributed by atoms with van der Waals surface area (Å²) in [6.45, 7) is 23.4. The van der Waals surface area contributed by atoms with Gasteiger partial charge in [-0.1, -0.05) is 91.2 Å². The Morgan fingerprint density at radius 3 is 1.70 bits per heavy atom. The van der Waals surface area contributed by atoms with Gasteiger partial charge in [0.15, 0.2) is 5.78 Å². The van der Waals surface area contributed by atoms with Gasteiger partial charge in [0.2, 0.25) is 0 Å². The van der Waals surface area contributed by atoms with Gasteiger partial charge in [-0.25, -0.2) is 0 Å². The number of thioether (sulfide) groups is 1. The minimum Gasteiger partial charge on any atom is -0.293 e. The van der Waals surface area contributed by atoms with Crippen LogP contribution in [0.3, 0.4) is 0 Å². The summed E-state index contributed by atoms with van der Waals surface area (Å²) in [6.07, 6.45) is 11.3. The highest BCUT2D eigenvalue weighted by molar-refractivity contribution is 8.04. The second-order valence-electron chi connectivity index (χ2n) is 3.71. The summed E-state index contributed by atoms with van der Waals surface area (Å²) in [5.74, 6) is 0.0350. The lowest BCUT2D eigenvalue weighted by Crippen LogP contribution is -2.28. The highest BCUT2D eigenvalue weighted by Crippen LogP contribution is 2.39. The van der Waals surface area contributed by atoms with Gasteiger partial charge in [-0.2, -0.15) is 0 Å². The Labute approximate surface area is 149 Å². The van der Waals surface area contributed by atoms with Crippen LogP contribution >= 0.6 is 11.8 Å². The van der Waals surface area contributed by atoms with Crippen molar-refractivity contribution in [2.75, 3.05) is 0 Å². The lowest BCUT2D eigenvalue weighted by Gasteiger charge is -2.27. The fourth-order valence-electron chi connectivity index (χ4n) is 1.85. The molecule has 0 aromatic heterocycles. The van der Waals surface area contributed by atoms with E-state index in [0.29, 0.717) is 5.57 Å². The van der Waals surface area contributed by atoms with E-state index in [4.69, 9.17) is 0 Å². The highest BCUT2D eigenvalue weighted by Gasteiger charge is 2.32. The van der Waals surface area contributed by atoms with Crippen molar-refractivity contribution in [3.63, 3.8) is 0 Å². The van der Waals surface area contributed by atoms with E-state index < -0.39 is 0 Å². The van der Waals surface area contributed by atoms with Gasteiger partial charge in [0.25, 0.3) is 0 Å². The van der Waals surface area contributed by atoms with Crippen LogP contribution in [0, 0.1) is 5.92 Å². The zero-order valence-corrected chi connectivity index (χ0v) is 17.2. The van der Waals surface area contributed by atoms with E-state index in [9.17, 15) is 4.79 Å². The van der Waals surface area contributed by atoms with Gasteiger partial charge in [-0.3, -0.25) is 4.79 Å². The van der Waals surface area contributed by atoms with Crippen molar-refractivity contribution >= 4 is 17.5 Å². The Hall–Kier alpha value is -1.28. The molecule has 0 fully saturated rings. The average Bonchev–Trinajstić information content (AvgIpc) is 2.63. The van der Waals surface area contributed by atoms with Gasteiger partial charge >= 0.3 is 0 Å². The van der Waals surface area contributed by atoms with E-state index in [1.165, 1.54) is 0 Å². The average molecular weight is 337 g/mol. The van der Waals surface area contributed by atoms with Gasteiger partial charge in [0, 0.05) is 15.7 Å². The van der Waals surface area contributed by atoms with Gasteiger partial charge in [0.05, 0.1) is 5.92 Å². The van der Waals surface area contributed by atoms with Crippen molar-refractivity contribution in [1.29, 1.82) is 0 Å². The van der Waals surface area contributed by atoms with Crippen LogP contribution in [-0.2, 0) is 4.79 Å². The van der Waals surface area contributed by atoms with Crippen LogP contribution in [0.4, 0.5) is 0 Å². The molecule has 1 heterocycles. The first-order chi connectivity index (χ1) is 11.2. The third-order valence-electron chi connectivity index (χ3n) is 2.62. The van der Waals surface area contributed by atoms with E-state index in [0.717, 1.165) is 4.91 Å². The highest BCUT2D eigenvalue weighted by atomic mass is 32.2. The number of rotatable bonds is 4. The molecular weight excluding hydrogens is 300 g/mol. The Balaban J connectivity index is -0.000000595. The first-order valence-corrected chi connectivity index (χ1v) is 9.53. The molecule has 0 radical (unpaired) electrons. The molecule has 1 aliphatic heterocycles. The first-order valence-electron chi connectivity index (χ1n) is 8.65. The Morgan fingerprint density at radius 2 is 1.35 bits per heavy atom. The molecule has 0 N–H and O–H groups in total. The molecule has 0 saturated heterocycles. The number of carbonyl (C=O) groups is 1. The molecule has 132 valence electrons. The van der Waals surface area contributed by atoms with Crippen LogP contribution in [0.1, 0.15) is 55.4 Å². The van der Waals surface area contributed by atoms with E-state index in [1.807, 2.05) is 73.6 Å². The molecule has 0 aromatic rings. The maximum Gasteiger partial charge on any atom is 0.172 e. The third-order valence-corrected chi connectivity index (χ3v) is 3.99. The maximum atomic E-state index is 12.3. The molecule has 2 atom stereocenters. The second-order valence-corrected chi connectivity index (χ2v) is 4.93. The number of ketones is 1. The van der Waals surface area contributed by atoms with Crippen molar-refractivity contribution in [3.05, 3.63) is 60.1 Å². The molecule has 0 amide bonds. The molecule has 2 unspecified atom stereocenters. The maximum absolute atomic E-state index is 12.3. The molecule has 1 rings (SSSR count). The topological polar surface area (TPSA) is 17.1 Å². The monoisotopic (exact) mass is 336 g/mol. The van der Waals surface area contributed by atoms with Crippen LogP contribution in [0.5, 0.6) is 0 Å². The number of carbonyl (C=O) groups excluding carboxylic acids is 1. The third kappa shape index (κ3) is 8.80. The van der Waals surface area contributed by atoms with Gasteiger partial charge < -0.3 is 0 Å². The molecule has 2 heteroatoms. The summed E-state index contributed by atoms with van der Waals surface area (Å²) in [5, 5.41) is 0.153. The molecule has 23 heavy (non-hydrogen) atoms. The minimum atomic E-state index is -0.0992. The lowest BCUT2D eigenvalue weighted by molar-refractivity contribution is -0.117. The van der Waals surface area contributed by atoms with Crippen LogP contribution in [0.15, 0.2) is 60.1 Å². The Kier molecular flexibility index (Phi) is 21.7. The minimum absolute atomic E-state index is 0.0992. The first kappa shape index (κ1) is 26.6. The number of allylic oxidation sites excluding steroid dienone is 6. The zero-order chi connectivity index (χ0) is 18.8. The predicted octanol–water partition coefficient (Wildman–Crippen LogP) is 7.14. The molecule has 1 nitrogen and oxygen atoms in total. The quantitative estimate of drug-likeness (QED) is 0.507. The summed E-state index contributed by atoms with van der Waals surface area (Å²) < 4.78 is 0. The number of hydrogen-bond acceptors (Lipinski definition) is 2. The van der Waals surface area contributed by atoms with Gasteiger partial charge in [-0.15, -0.1) is 11.8 Å². The van der Waals surface area contributed by atoms with Crippen LogP contribution in [-0.4, -0.2) is 11.0 Å². The van der Waals surface area contributed by atoms with Gasteiger partial charge in [-0.05, 0) is 13.8 Å². The molecule has 0 bridgehead atoms. The van der Waals surface area contributed by atoms with E-state index in [2.05, 4.69) is 19.2 Å². The van der Waals surface area contributed by atoms with Gasteiger partial charge in [0.1, 0.15) is 0 Å². The number of Topliss-reactive ketones (excluding diaryl/α,β-unsaturated/α-hetero) is 1. The molecule has 0 saturated carbocycles. The van der Waals surface area contributed by atoms with Crippen molar-refractivity contribution in [2.45, 2.75) is 60.6 Å². The molecule has 0 aliphatic carbocycles. The standard InChI is InChI=1S/C15H18OS.3C2H6/c1-5-9-12-14(10-6-2)17-13(8-4)11(7-3)15(12)16;3*1-2/h5-10,12,14H,3-4H2,1-2H3;3*1-2H3/b9-5-,10-6-;;;. The van der Waals surface area contributed by atoms with Crippen molar-refractivity contribution < 1.29 is 4.79 Å². The molecule has 1 aliphatic rings. The SMILES string of the molecule is C=CC1=C(C=C)C(=O)C(/C=C\C)C(/C=C\C)S1.CC.CC.CC. The Morgan fingerprint density at radius 1 is 0.870 bits per heavy atom. The zero-order valence-electron chi connectivity index (χ0n) is 16.3. The van der Waals surface area contributed by atoms with Crippen LogP contribution < -0.4 is 0 Å². The van der Waals surface area contributed by atoms with E-state index >= 15 is 0 Å². The van der Waals surface area contributed by atoms with Crippen molar-refractivity contribution in [3.8, 4) is 0 Å². The summed E-state index contributed by atoms with van der Waals surface area (Å²) >= 11 is 1.67. The molecule has 0 aromatic carbocycles. The van der Waals surface area contributed by atoms with Crippen LogP contribution in [0.2, 0.25) is 0 Å². The fraction of sp³-hybridized carbons (Fsp3) is 0.476. The predicted molar refractivity (Wildman–Crippen MR) is 111 cm³/mol.